The average Bonchev–Trinajstić information content (AvgIpc) is 2.77. The maximum Gasteiger partial charge on any atom is 0.416 e. The van der Waals surface area contributed by atoms with E-state index in [1.807, 2.05) is 0 Å². The molecule has 1 aromatic heterocycles. The third-order valence-electron chi connectivity index (χ3n) is 2.23. The number of alkyl halides is 4. The summed E-state index contributed by atoms with van der Waals surface area (Å²) in [4.78, 5) is 3.93. The van der Waals surface area contributed by atoms with Crippen LogP contribution in [0.3, 0.4) is 0 Å². The van der Waals surface area contributed by atoms with E-state index in [9.17, 15) is 13.2 Å². The molecule has 0 aliphatic rings. The predicted molar refractivity (Wildman–Crippen MR) is 59.0 cm³/mol. The zero-order valence-electron chi connectivity index (χ0n) is 9.20. The lowest BCUT2D eigenvalue weighted by Crippen LogP contribution is -2.04. The van der Waals surface area contributed by atoms with Crippen LogP contribution >= 0.6 is 11.6 Å². The van der Waals surface area contributed by atoms with Crippen LogP contribution in [0.25, 0.3) is 11.5 Å². The van der Waals surface area contributed by atoms with Crippen LogP contribution in [0.2, 0.25) is 0 Å². The summed E-state index contributed by atoms with van der Waals surface area (Å²) in [5.74, 6) is 0.257. The molecule has 0 N–H and O–H groups in total. The van der Waals surface area contributed by atoms with E-state index in [0.717, 1.165) is 12.1 Å². The van der Waals surface area contributed by atoms with Gasteiger partial charge in [-0.05, 0) is 25.1 Å². The number of hydrogen-bond acceptors (Lipinski definition) is 3. The van der Waals surface area contributed by atoms with Crippen LogP contribution in [-0.2, 0) is 6.18 Å². The third kappa shape index (κ3) is 2.64. The molecule has 0 aliphatic carbocycles. The van der Waals surface area contributed by atoms with Crippen LogP contribution < -0.4 is 0 Å². The summed E-state index contributed by atoms with van der Waals surface area (Å²) in [6.45, 7) is 1.64. The lowest BCUT2D eigenvalue weighted by Gasteiger charge is -2.06. The quantitative estimate of drug-likeness (QED) is 0.777. The largest absolute Gasteiger partial charge is 0.416 e. The first kappa shape index (κ1) is 12.9. The van der Waals surface area contributed by atoms with E-state index < -0.39 is 17.1 Å². The van der Waals surface area contributed by atoms with Gasteiger partial charge in [0, 0.05) is 5.56 Å². The van der Waals surface area contributed by atoms with Gasteiger partial charge >= 0.3 is 6.18 Å². The van der Waals surface area contributed by atoms with E-state index in [1.165, 1.54) is 12.1 Å². The Kier molecular flexibility index (Phi) is 3.30. The Morgan fingerprint density at radius 3 is 2.61 bits per heavy atom. The smallest absolute Gasteiger partial charge is 0.334 e. The SMILES string of the molecule is CC(Cl)c1noc(-c2cccc(C(F)(F)F)c2)n1. The fourth-order valence-corrected chi connectivity index (χ4v) is 1.43. The minimum absolute atomic E-state index is 0.0172. The van der Waals surface area contributed by atoms with Crippen molar-refractivity contribution in [1.29, 1.82) is 0 Å². The topological polar surface area (TPSA) is 38.9 Å². The highest BCUT2D eigenvalue weighted by atomic mass is 35.5. The van der Waals surface area contributed by atoms with E-state index in [4.69, 9.17) is 16.1 Å². The van der Waals surface area contributed by atoms with Gasteiger partial charge in [-0.15, -0.1) is 11.6 Å². The van der Waals surface area contributed by atoms with E-state index in [0.29, 0.717) is 0 Å². The Hall–Kier alpha value is -1.56. The predicted octanol–water partition coefficient (Wildman–Crippen LogP) is 4.06. The van der Waals surface area contributed by atoms with E-state index in [2.05, 4.69) is 10.1 Å². The molecule has 0 spiro atoms. The molecule has 0 fully saturated rings. The molecule has 3 nitrogen and oxygen atoms in total. The van der Waals surface area contributed by atoms with Gasteiger partial charge in [0.25, 0.3) is 5.89 Å². The molecule has 0 saturated carbocycles. The van der Waals surface area contributed by atoms with Crippen molar-refractivity contribution in [2.75, 3.05) is 0 Å². The Morgan fingerprint density at radius 1 is 1.33 bits per heavy atom. The summed E-state index contributed by atoms with van der Waals surface area (Å²) in [5, 5.41) is 3.12. The van der Waals surface area contributed by atoms with Crippen LogP contribution in [-0.4, -0.2) is 10.1 Å². The summed E-state index contributed by atoms with van der Waals surface area (Å²) in [7, 11) is 0. The van der Waals surface area contributed by atoms with Crippen molar-refractivity contribution in [2.24, 2.45) is 0 Å². The number of nitrogens with zero attached hydrogens (tertiary/aromatic N) is 2. The fraction of sp³-hybridized carbons (Fsp3) is 0.273. The minimum atomic E-state index is -4.40. The van der Waals surface area contributed by atoms with E-state index >= 15 is 0 Å². The highest BCUT2D eigenvalue weighted by Gasteiger charge is 2.30. The zero-order valence-corrected chi connectivity index (χ0v) is 9.96. The molecule has 0 radical (unpaired) electrons. The third-order valence-corrected chi connectivity index (χ3v) is 2.43. The van der Waals surface area contributed by atoms with Crippen molar-refractivity contribution in [3.05, 3.63) is 35.7 Å². The molecule has 1 aromatic carbocycles. The molecular weight excluding hydrogens is 269 g/mol. The first-order chi connectivity index (χ1) is 8.38. The Bertz CT molecular complexity index is 551. The van der Waals surface area contributed by atoms with Gasteiger partial charge in [0.1, 0.15) is 0 Å². The lowest BCUT2D eigenvalue weighted by molar-refractivity contribution is -0.137. The molecule has 2 rings (SSSR count). The minimum Gasteiger partial charge on any atom is -0.334 e. The maximum atomic E-state index is 12.5. The normalized spacial score (nSPS) is 13.6. The van der Waals surface area contributed by atoms with Gasteiger partial charge in [-0.25, -0.2) is 0 Å². The average molecular weight is 277 g/mol. The highest BCUT2D eigenvalue weighted by Crippen LogP contribution is 2.32. The molecule has 0 bridgehead atoms. The van der Waals surface area contributed by atoms with Crippen molar-refractivity contribution in [2.45, 2.75) is 18.5 Å². The molecule has 0 aliphatic heterocycles. The van der Waals surface area contributed by atoms with Crippen molar-refractivity contribution >= 4 is 11.6 Å². The van der Waals surface area contributed by atoms with Gasteiger partial charge in [0.05, 0.1) is 10.9 Å². The van der Waals surface area contributed by atoms with Gasteiger partial charge in [-0.2, -0.15) is 18.2 Å². The molecular formula is C11H8ClF3N2O. The number of aromatic nitrogens is 2. The summed E-state index contributed by atoms with van der Waals surface area (Å²) < 4.78 is 42.5. The van der Waals surface area contributed by atoms with Crippen molar-refractivity contribution in [1.82, 2.24) is 10.1 Å². The summed E-state index contributed by atoms with van der Waals surface area (Å²) in [5.41, 5.74) is -0.556. The van der Waals surface area contributed by atoms with Crippen LogP contribution in [0.4, 0.5) is 13.2 Å². The first-order valence-corrected chi connectivity index (χ1v) is 5.47. The summed E-state index contributed by atoms with van der Waals surface area (Å²) in [6, 6.07) is 4.68. The molecule has 1 heterocycles. The molecule has 2 aromatic rings. The molecule has 1 unspecified atom stereocenters. The van der Waals surface area contributed by atoms with Gasteiger partial charge in [-0.1, -0.05) is 11.2 Å². The molecule has 7 heteroatoms. The number of hydrogen-bond donors (Lipinski definition) is 0. The summed E-state index contributed by atoms with van der Waals surface area (Å²) in [6.07, 6.45) is -4.40. The summed E-state index contributed by atoms with van der Waals surface area (Å²) >= 11 is 5.74. The lowest BCUT2D eigenvalue weighted by atomic mass is 10.1. The highest BCUT2D eigenvalue weighted by molar-refractivity contribution is 6.20. The van der Waals surface area contributed by atoms with Gasteiger partial charge in [0.15, 0.2) is 5.82 Å². The number of rotatable bonds is 2. The van der Waals surface area contributed by atoms with Crippen molar-refractivity contribution in [3.63, 3.8) is 0 Å². The van der Waals surface area contributed by atoms with E-state index in [1.54, 1.807) is 6.92 Å². The Labute approximate surface area is 106 Å². The number of benzene rings is 1. The van der Waals surface area contributed by atoms with Crippen molar-refractivity contribution < 1.29 is 17.7 Å². The number of halogens is 4. The fourth-order valence-electron chi connectivity index (χ4n) is 1.34. The van der Waals surface area contributed by atoms with Crippen LogP contribution in [0, 0.1) is 0 Å². The van der Waals surface area contributed by atoms with Gasteiger partial charge in [-0.3, -0.25) is 0 Å². The zero-order chi connectivity index (χ0) is 13.3. The molecule has 18 heavy (non-hydrogen) atoms. The Morgan fingerprint density at radius 2 is 2.06 bits per heavy atom. The van der Waals surface area contributed by atoms with Crippen LogP contribution in [0.5, 0.6) is 0 Å². The molecule has 0 amide bonds. The monoisotopic (exact) mass is 276 g/mol. The second kappa shape index (κ2) is 4.61. The molecule has 1 atom stereocenters. The first-order valence-electron chi connectivity index (χ1n) is 5.03. The standard InChI is InChI=1S/C11H8ClF3N2O/c1-6(12)9-16-10(18-17-9)7-3-2-4-8(5-7)11(13,14)15/h2-6H,1H3. The second-order valence-corrected chi connectivity index (χ2v) is 4.31. The van der Waals surface area contributed by atoms with E-state index in [-0.39, 0.29) is 17.3 Å². The van der Waals surface area contributed by atoms with Gasteiger partial charge in [0.2, 0.25) is 0 Å². The molecule has 96 valence electrons. The Balaban J connectivity index is 2.38. The van der Waals surface area contributed by atoms with Crippen LogP contribution in [0.15, 0.2) is 28.8 Å². The second-order valence-electron chi connectivity index (χ2n) is 3.65. The maximum absolute atomic E-state index is 12.5. The molecule has 0 saturated heterocycles. The van der Waals surface area contributed by atoms with Crippen LogP contribution in [0.1, 0.15) is 23.7 Å². The van der Waals surface area contributed by atoms with Crippen molar-refractivity contribution in [3.8, 4) is 11.5 Å². The van der Waals surface area contributed by atoms with Gasteiger partial charge < -0.3 is 4.52 Å².